The van der Waals surface area contributed by atoms with E-state index >= 15 is 0 Å². The highest BCUT2D eigenvalue weighted by Crippen LogP contribution is 2.45. The highest BCUT2D eigenvalue weighted by Gasteiger charge is 2.22. The van der Waals surface area contributed by atoms with Crippen molar-refractivity contribution in [1.82, 2.24) is 19.5 Å². The molecule has 0 unspecified atom stereocenters. The number of para-hydroxylation sites is 1. The van der Waals surface area contributed by atoms with Crippen molar-refractivity contribution in [2.45, 2.75) is 0 Å². The average Bonchev–Trinajstić information content (AvgIpc) is 3.70. The second-order valence-corrected chi connectivity index (χ2v) is 13.1. The number of rotatable bonds is 4. The smallest absolute Gasteiger partial charge is 0.164 e. The Balaban J connectivity index is 1.30. The Morgan fingerprint density at radius 3 is 1.75 bits per heavy atom. The predicted molar refractivity (Wildman–Crippen MR) is 201 cm³/mol. The van der Waals surface area contributed by atoms with Crippen LogP contribution in [-0.4, -0.2) is 19.5 Å². The molecule has 10 aromatic rings. The number of thiophene rings is 1. The van der Waals surface area contributed by atoms with Gasteiger partial charge in [0.25, 0.3) is 0 Å². The average molecular weight is 631 g/mol. The molecule has 0 aliphatic heterocycles. The molecule has 0 aliphatic carbocycles. The predicted octanol–water partition coefficient (Wildman–Crippen LogP) is 11.5. The van der Waals surface area contributed by atoms with Gasteiger partial charge in [-0.2, -0.15) is 0 Å². The van der Waals surface area contributed by atoms with Gasteiger partial charge in [-0.3, -0.25) is 0 Å². The zero-order valence-corrected chi connectivity index (χ0v) is 26.5. The molecule has 224 valence electrons. The molecule has 3 aromatic heterocycles. The van der Waals surface area contributed by atoms with Crippen LogP contribution < -0.4 is 0 Å². The molecular weight excluding hydrogens is 605 g/mol. The third-order valence-electron chi connectivity index (χ3n) is 9.23. The lowest BCUT2D eigenvalue weighted by Crippen LogP contribution is -2.01. The molecule has 0 atom stereocenters. The van der Waals surface area contributed by atoms with Crippen molar-refractivity contribution >= 4 is 64.1 Å². The second kappa shape index (κ2) is 10.7. The standard InChI is InChI=1S/C43H26N4S/c1-3-13-27(14-4-1)41-44-42(28-15-5-2-6-16-28)46-43(45-41)33-23-24-36(40-39(33)32-20-10-12-22-38(32)48-40)47-35-21-11-9-19-31(35)34-25-29-17-7-8-18-30(29)26-37(34)47/h1-26H. The molecule has 0 bridgehead atoms. The fraction of sp³-hybridized carbons (Fsp3) is 0. The number of aromatic nitrogens is 4. The summed E-state index contributed by atoms with van der Waals surface area (Å²) < 4.78 is 4.87. The van der Waals surface area contributed by atoms with Crippen LogP contribution >= 0.6 is 11.3 Å². The summed E-state index contributed by atoms with van der Waals surface area (Å²) in [5.74, 6) is 1.98. The van der Waals surface area contributed by atoms with E-state index in [0.717, 1.165) is 27.8 Å². The first-order valence-electron chi connectivity index (χ1n) is 16.0. The van der Waals surface area contributed by atoms with E-state index in [1.54, 1.807) is 0 Å². The maximum atomic E-state index is 5.14. The fourth-order valence-corrected chi connectivity index (χ4v) is 8.25. The van der Waals surface area contributed by atoms with E-state index in [0.29, 0.717) is 17.5 Å². The van der Waals surface area contributed by atoms with Gasteiger partial charge < -0.3 is 4.57 Å². The van der Waals surface area contributed by atoms with Crippen molar-refractivity contribution in [3.63, 3.8) is 0 Å². The summed E-state index contributed by atoms with van der Waals surface area (Å²) in [7, 11) is 0. The topological polar surface area (TPSA) is 43.6 Å². The van der Waals surface area contributed by atoms with Gasteiger partial charge in [-0.25, -0.2) is 15.0 Å². The van der Waals surface area contributed by atoms with Gasteiger partial charge in [-0.15, -0.1) is 11.3 Å². The summed E-state index contributed by atoms with van der Waals surface area (Å²) in [6.45, 7) is 0. The van der Waals surface area contributed by atoms with Crippen molar-refractivity contribution in [2.75, 3.05) is 0 Å². The number of hydrogen-bond donors (Lipinski definition) is 0. The van der Waals surface area contributed by atoms with Gasteiger partial charge in [-0.05, 0) is 47.2 Å². The summed E-state index contributed by atoms with van der Waals surface area (Å²) in [4.78, 5) is 15.2. The third kappa shape index (κ3) is 4.18. The Kier molecular flexibility index (Phi) is 6.01. The van der Waals surface area contributed by atoms with Crippen LogP contribution in [0, 0.1) is 0 Å². The molecule has 7 aromatic carbocycles. The second-order valence-electron chi connectivity index (χ2n) is 12.0. The lowest BCUT2D eigenvalue weighted by atomic mass is 10.0. The summed E-state index contributed by atoms with van der Waals surface area (Å²) in [5.41, 5.74) is 6.44. The van der Waals surface area contributed by atoms with E-state index in [9.17, 15) is 0 Å². The van der Waals surface area contributed by atoms with Crippen molar-refractivity contribution in [3.05, 3.63) is 158 Å². The lowest BCUT2D eigenvalue weighted by Gasteiger charge is -2.13. The van der Waals surface area contributed by atoms with Crippen molar-refractivity contribution in [2.24, 2.45) is 0 Å². The van der Waals surface area contributed by atoms with Crippen LogP contribution in [0.3, 0.4) is 0 Å². The van der Waals surface area contributed by atoms with Crippen LogP contribution in [0.1, 0.15) is 0 Å². The Hall–Kier alpha value is -6.17. The Morgan fingerprint density at radius 2 is 1.02 bits per heavy atom. The van der Waals surface area contributed by atoms with Crippen molar-refractivity contribution < 1.29 is 0 Å². The minimum atomic E-state index is 0.658. The number of hydrogen-bond acceptors (Lipinski definition) is 4. The first kappa shape index (κ1) is 27.0. The molecule has 10 rings (SSSR count). The van der Waals surface area contributed by atoms with Gasteiger partial charge in [0.1, 0.15) is 0 Å². The van der Waals surface area contributed by atoms with E-state index in [1.165, 1.54) is 47.4 Å². The molecule has 0 radical (unpaired) electrons. The molecule has 0 amide bonds. The molecule has 0 N–H and O–H groups in total. The van der Waals surface area contributed by atoms with Gasteiger partial charge in [0, 0.05) is 42.9 Å². The quantitative estimate of drug-likeness (QED) is 0.194. The number of nitrogens with zero attached hydrogens (tertiary/aromatic N) is 4. The van der Waals surface area contributed by atoms with E-state index in [2.05, 4.69) is 126 Å². The number of fused-ring (bicyclic) bond motifs is 7. The SMILES string of the molecule is c1ccc(-c2nc(-c3ccccc3)nc(-c3ccc(-n4c5ccccc5c5cc6ccccc6cc54)c4sc5ccccc5c34)n2)cc1. The molecule has 0 spiro atoms. The minimum Gasteiger partial charge on any atom is -0.308 e. The molecule has 0 fully saturated rings. The van der Waals surface area contributed by atoms with Gasteiger partial charge in [0.05, 0.1) is 21.4 Å². The van der Waals surface area contributed by atoms with Gasteiger partial charge in [0.2, 0.25) is 0 Å². The summed E-state index contributed by atoms with van der Waals surface area (Å²) in [6, 6.07) is 55.5. The summed E-state index contributed by atoms with van der Waals surface area (Å²) in [6.07, 6.45) is 0. The molecule has 4 nitrogen and oxygen atoms in total. The van der Waals surface area contributed by atoms with Crippen LogP contribution in [0.25, 0.3) is 92.6 Å². The van der Waals surface area contributed by atoms with E-state index in [-0.39, 0.29) is 0 Å². The monoisotopic (exact) mass is 630 g/mol. The maximum absolute atomic E-state index is 5.14. The molecule has 3 heterocycles. The Labute approximate surface area is 280 Å². The first-order chi connectivity index (χ1) is 23.8. The Bertz CT molecular complexity index is 2780. The zero-order chi connectivity index (χ0) is 31.6. The molecular formula is C43H26N4S. The lowest BCUT2D eigenvalue weighted by molar-refractivity contribution is 1.08. The normalized spacial score (nSPS) is 11.8. The van der Waals surface area contributed by atoms with Gasteiger partial charge in [-0.1, -0.05) is 121 Å². The highest BCUT2D eigenvalue weighted by atomic mass is 32.1. The van der Waals surface area contributed by atoms with Gasteiger partial charge >= 0.3 is 0 Å². The van der Waals surface area contributed by atoms with Crippen LogP contribution in [0.4, 0.5) is 0 Å². The fourth-order valence-electron chi connectivity index (χ4n) is 7.02. The summed E-state index contributed by atoms with van der Waals surface area (Å²) >= 11 is 1.83. The van der Waals surface area contributed by atoms with Crippen LogP contribution in [0.15, 0.2) is 158 Å². The van der Waals surface area contributed by atoms with Gasteiger partial charge in [0.15, 0.2) is 17.5 Å². The zero-order valence-electron chi connectivity index (χ0n) is 25.7. The van der Waals surface area contributed by atoms with Crippen LogP contribution in [0.2, 0.25) is 0 Å². The van der Waals surface area contributed by atoms with E-state index < -0.39 is 0 Å². The maximum Gasteiger partial charge on any atom is 0.164 e. The molecule has 48 heavy (non-hydrogen) atoms. The molecule has 0 saturated heterocycles. The van der Waals surface area contributed by atoms with E-state index in [1.807, 2.05) is 47.7 Å². The molecule has 0 saturated carbocycles. The molecule has 0 aliphatic rings. The minimum absolute atomic E-state index is 0.658. The van der Waals surface area contributed by atoms with Crippen LogP contribution in [-0.2, 0) is 0 Å². The first-order valence-corrected chi connectivity index (χ1v) is 16.9. The van der Waals surface area contributed by atoms with Crippen LogP contribution in [0.5, 0.6) is 0 Å². The third-order valence-corrected chi connectivity index (χ3v) is 10.4. The van der Waals surface area contributed by atoms with Crippen molar-refractivity contribution in [1.29, 1.82) is 0 Å². The highest BCUT2D eigenvalue weighted by molar-refractivity contribution is 7.26. The number of benzene rings is 7. The van der Waals surface area contributed by atoms with E-state index in [4.69, 9.17) is 15.0 Å². The van der Waals surface area contributed by atoms with Crippen molar-refractivity contribution in [3.8, 4) is 39.9 Å². The Morgan fingerprint density at radius 1 is 0.438 bits per heavy atom. The largest absolute Gasteiger partial charge is 0.308 e. The molecule has 5 heteroatoms. The summed E-state index contributed by atoms with van der Waals surface area (Å²) in [5, 5.41) is 7.32.